The number of rotatable bonds is 5. The SMILES string of the molecule is CNC(=O)O[C@H](C(=O)N1CCC[C@H]1c1ncc(-c2ccc3cc(Br)ccc3c2)[nH]1)C(C)C. The molecule has 2 amide bonds. The van der Waals surface area contributed by atoms with Crippen molar-refractivity contribution in [1.82, 2.24) is 20.2 Å². The van der Waals surface area contributed by atoms with E-state index in [1.54, 1.807) is 4.90 Å². The Morgan fingerprint density at radius 2 is 1.97 bits per heavy atom. The molecule has 1 aliphatic heterocycles. The van der Waals surface area contributed by atoms with Crippen molar-refractivity contribution in [1.29, 1.82) is 0 Å². The van der Waals surface area contributed by atoms with Gasteiger partial charge in [-0.1, -0.05) is 48.0 Å². The largest absolute Gasteiger partial charge is 0.436 e. The average molecular weight is 499 g/mol. The third kappa shape index (κ3) is 4.50. The Morgan fingerprint density at radius 1 is 1.22 bits per heavy atom. The number of amides is 2. The molecule has 32 heavy (non-hydrogen) atoms. The number of aromatic nitrogens is 2. The minimum absolute atomic E-state index is 0.133. The fourth-order valence-electron chi connectivity index (χ4n) is 4.16. The van der Waals surface area contributed by atoms with Gasteiger partial charge in [0.25, 0.3) is 5.91 Å². The summed E-state index contributed by atoms with van der Waals surface area (Å²) >= 11 is 3.51. The number of alkyl carbamates (subject to hydrolysis) is 1. The molecule has 0 unspecified atom stereocenters. The number of nitrogens with zero attached hydrogens (tertiary/aromatic N) is 2. The van der Waals surface area contributed by atoms with Crippen molar-refractivity contribution >= 4 is 38.7 Å². The van der Waals surface area contributed by atoms with Gasteiger partial charge in [0.05, 0.1) is 17.9 Å². The fourth-order valence-corrected chi connectivity index (χ4v) is 4.54. The van der Waals surface area contributed by atoms with E-state index in [0.717, 1.165) is 45.2 Å². The number of hydrogen-bond acceptors (Lipinski definition) is 4. The van der Waals surface area contributed by atoms with Gasteiger partial charge in [0, 0.05) is 23.6 Å². The van der Waals surface area contributed by atoms with Crippen LogP contribution in [0.25, 0.3) is 22.0 Å². The molecule has 2 heterocycles. The number of carbonyl (C=O) groups excluding carboxylic acids is 2. The summed E-state index contributed by atoms with van der Waals surface area (Å²) in [5, 5.41) is 4.73. The highest BCUT2D eigenvalue weighted by Crippen LogP contribution is 2.33. The standard InChI is InChI=1S/C24H27BrN4O3/c1-14(2)21(32-24(31)26-3)23(30)29-10-4-5-20(29)22-27-13-19(28-22)17-7-6-16-12-18(25)9-8-15(16)11-17/h6-9,11-14,20-21H,4-5,10H2,1-3H3,(H,26,31)(H,27,28)/t20-,21-/m0/s1. The Labute approximate surface area is 195 Å². The maximum atomic E-state index is 13.2. The first-order valence-electron chi connectivity index (χ1n) is 10.8. The highest BCUT2D eigenvalue weighted by molar-refractivity contribution is 9.10. The molecule has 0 aliphatic carbocycles. The highest BCUT2D eigenvalue weighted by Gasteiger charge is 2.38. The summed E-state index contributed by atoms with van der Waals surface area (Å²) in [5.41, 5.74) is 1.95. The van der Waals surface area contributed by atoms with Crippen molar-refractivity contribution in [2.45, 2.75) is 38.8 Å². The van der Waals surface area contributed by atoms with Crippen molar-refractivity contribution < 1.29 is 14.3 Å². The van der Waals surface area contributed by atoms with Crippen molar-refractivity contribution in [2.75, 3.05) is 13.6 Å². The van der Waals surface area contributed by atoms with Crippen LogP contribution in [0.2, 0.25) is 0 Å². The van der Waals surface area contributed by atoms with Crippen LogP contribution in [0, 0.1) is 5.92 Å². The van der Waals surface area contributed by atoms with Gasteiger partial charge in [0.15, 0.2) is 6.10 Å². The summed E-state index contributed by atoms with van der Waals surface area (Å²) in [4.78, 5) is 34.8. The van der Waals surface area contributed by atoms with Crippen molar-refractivity contribution in [3.8, 4) is 11.3 Å². The van der Waals surface area contributed by atoms with Crippen molar-refractivity contribution in [3.05, 3.63) is 52.9 Å². The van der Waals surface area contributed by atoms with Gasteiger partial charge >= 0.3 is 6.09 Å². The number of likely N-dealkylation sites (tertiary alicyclic amines) is 1. The molecule has 1 fully saturated rings. The lowest BCUT2D eigenvalue weighted by Crippen LogP contribution is -2.45. The Morgan fingerprint density at radius 3 is 2.72 bits per heavy atom. The number of fused-ring (bicyclic) bond motifs is 1. The lowest BCUT2D eigenvalue weighted by molar-refractivity contribution is -0.143. The topological polar surface area (TPSA) is 87.3 Å². The molecule has 168 valence electrons. The zero-order chi connectivity index (χ0) is 22.8. The number of benzene rings is 2. The van der Waals surface area contributed by atoms with E-state index in [0.29, 0.717) is 6.54 Å². The zero-order valence-corrected chi connectivity index (χ0v) is 20.0. The molecule has 0 bridgehead atoms. The molecule has 2 N–H and O–H groups in total. The second-order valence-corrected chi connectivity index (χ2v) is 9.31. The van der Waals surface area contributed by atoms with Gasteiger partial charge < -0.3 is 19.9 Å². The Bertz CT molecular complexity index is 1140. The molecule has 1 aromatic heterocycles. The molecule has 2 atom stereocenters. The lowest BCUT2D eigenvalue weighted by atomic mass is 10.1. The van der Waals surface area contributed by atoms with Crippen LogP contribution >= 0.6 is 15.9 Å². The molecule has 0 saturated carbocycles. The predicted octanol–water partition coefficient (Wildman–Crippen LogP) is 5.04. The molecule has 0 spiro atoms. The van der Waals surface area contributed by atoms with E-state index in [1.165, 1.54) is 7.05 Å². The summed E-state index contributed by atoms with van der Waals surface area (Å²) in [7, 11) is 1.48. The van der Waals surface area contributed by atoms with Gasteiger partial charge in [-0.2, -0.15) is 0 Å². The maximum absolute atomic E-state index is 13.2. The Balaban J connectivity index is 1.57. The number of H-pyrrole nitrogens is 1. The Hall–Kier alpha value is -2.87. The number of ether oxygens (including phenoxy) is 1. The maximum Gasteiger partial charge on any atom is 0.407 e. The number of halogens is 1. The van der Waals surface area contributed by atoms with Crippen LogP contribution in [0.15, 0.2) is 47.1 Å². The van der Waals surface area contributed by atoms with Crippen LogP contribution in [0.1, 0.15) is 38.6 Å². The summed E-state index contributed by atoms with van der Waals surface area (Å²) < 4.78 is 6.42. The summed E-state index contributed by atoms with van der Waals surface area (Å²) in [6.07, 6.45) is 2.08. The number of imidazole rings is 1. The van der Waals surface area contributed by atoms with Crippen LogP contribution in [-0.4, -0.2) is 46.6 Å². The van der Waals surface area contributed by atoms with Crippen LogP contribution < -0.4 is 5.32 Å². The van der Waals surface area contributed by atoms with Gasteiger partial charge in [0.2, 0.25) is 0 Å². The summed E-state index contributed by atoms with van der Waals surface area (Å²) in [5.74, 6) is 0.440. The smallest absolute Gasteiger partial charge is 0.407 e. The Kier molecular flexibility index (Phi) is 6.50. The molecule has 8 heteroatoms. The lowest BCUT2D eigenvalue weighted by Gasteiger charge is -2.29. The minimum atomic E-state index is -0.829. The van der Waals surface area contributed by atoms with Gasteiger partial charge in [-0.3, -0.25) is 4.79 Å². The molecule has 0 radical (unpaired) electrons. The minimum Gasteiger partial charge on any atom is -0.436 e. The molecule has 7 nitrogen and oxygen atoms in total. The van der Waals surface area contributed by atoms with E-state index in [1.807, 2.05) is 26.1 Å². The third-order valence-electron chi connectivity index (χ3n) is 5.85. The van der Waals surface area contributed by atoms with Gasteiger partial charge in [-0.25, -0.2) is 9.78 Å². The van der Waals surface area contributed by atoms with E-state index in [9.17, 15) is 9.59 Å². The van der Waals surface area contributed by atoms with Gasteiger partial charge in [-0.15, -0.1) is 0 Å². The normalized spacial score (nSPS) is 17.0. The van der Waals surface area contributed by atoms with E-state index >= 15 is 0 Å². The number of aromatic amines is 1. The molecule has 1 saturated heterocycles. The molecule has 3 aromatic rings. The van der Waals surface area contributed by atoms with Crippen LogP contribution in [0.4, 0.5) is 4.79 Å². The molecule has 1 aliphatic rings. The second-order valence-electron chi connectivity index (χ2n) is 8.40. The third-order valence-corrected chi connectivity index (χ3v) is 6.34. The fraction of sp³-hybridized carbons (Fsp3) is 0.375. The first-order chi connectivity index (χ1) is 15.4. The summed E-state index contributed by atoms with van der Waals surface area (Å²) in [6, 6.07) is 12.3. The van der Waals surface area contributed by atoms with Crippen LogP contribution in [0.5, 0.6) is 0 Å². The van der Waals surface area contributed by atoms with E-state index in [-0.39, 0.29) is 17.9 Å². The summed E-state index contributed by atoms with van der Waals surface area (Å²) in [6.45, 7) is 4.37. The molecular weight excluding hydrogens is 472 g/mol. The molecule has 4 rings (SSSR count). The first-order valence-corrected chi connectivity index (χ1v) is 11.6. The van der Waals surface area contributed by atoms with Crippen molar-refractivity contribution in [2.24, 2.45) is 5.92 Å². The van der Waals surface area contributed by atoms with Crippen molar-refractivity contribution in [3.63, 3.8) is 0 Å². The van der Waals surface area contributed by atoms with Gasteiger partial charge in [0.1, 0.15) is 5.82 Å². The average Bonchev–Trinajstić information content (AvgIpc) is 3.45. The van der Waals surface area contributed by atoms with E-state index < -0.39 is 12.2 Å². The highest BCUT2D eigenvalue weighted by atomic mass is 79.9. The monoisotopic (exact) mass is 498 g/mol. The first kappa shape index (κ1) is 22.3. The zero-order valence-electron chi connectivity index (χ0n) is 18.4. The number of nitrogens with one attached hydrogen (secondary N) is 2. The predicted molar refractivity (Wildman–Crippen MR) is 127 cm³/mol. The van der Waals surface area contributed by atoms with E-state index in [2.05, 4.69) is 61.5 Å². The molecule has 2 aromatic carbocycles. The second kappa shape index (κ2) is 9.32. The van der Waals surface area contributed by atoms with Crippen LogP contribution in [0.3, 0.4) is 0 Å². The van der Waals surface area contributed by atoms with Gasteiger partial charge in [-0.05, 0) is 47.7 Å². The van der Waals surface area contributed by atoms with Crippen LogP contribution in [-0.2, 0) is 9.53 Å². The van der Waals surface area contributed by atoms with E-state index in [4.69, 9.17) is 4.74 Å². The number of carbonyl (C=O) groups is 2. The quantitative estimate of drug-likeness (QED) is 0.515. The molecular formula is C24H27BrN4O3. The number of hydrogen-bond donors (Lipinski definition) is 2.